The third kappa shape index (κ3) is 6.23. The fourth-order valence-electron chi connectivity index (χ4n) is 2.96. The number of likely N-dealkylation sites (N-methyl/N-ethyl adjacent to an activating group) is 1. The molecule has 0 heterocycles. The molecule has 2 rings (SSSR count). The lowest BCUT2D eigenvalue weighted by atomic mass is 9.97. The lowest BCUT2D eigenvalue weighted by Crippen LogP contribution is -2.38. The highest BCUT2D eigenvalue weighted by Gasteiger charge is 2.27. The van der Waals surface area contributed by atoms with Gasteiger partial charge in [-0.15, -0.1) is 0 Å². The summed E-state index contributed by atoms with van der Waals surface area (Å²) in [6.07, 6.45) is 7.66. The van der Waals surface area contributed by atoms with Crippen LogP contribution in [0.2, 0.25) is 5.02 Å². The number of halogens is 1. The van der Waals surface area contributed by atoms with Gasteiger partial charge in [0.15, 0.2) is 0 Å². The van der Waals surface area contributed by atoms with Crippen molar-refractivity contribution in [1.29, 1.82) is 0 Å². The summed E-state index contributed by atoms with van der Waals surface area (Å²) in [5.74, 6) is -0.115. The van der Waals surface area contributed by atoms with Crippen molar-refractivity contribution in [3.05, 3.63) is 34.9 Å². The normalized spacial score (nSPS) is 14.7. The Morgan fingerprint density at radius 2 is 2.11 bits per heavy atom. The molecule has 1 N–H and O–H groups in total. The Balaban J connectivity index is 1.97. The maximum atomic E-state index is 12.8. The van der Waals surface area contributed by atoms with Crippen LogP contribution in [0.25, 0.3) is 0 Å². The number of rotatable bonds is 9. The van der Waals surface area contributed by atoms with E-state index in [9.17, 15) is 13.2 Å². The number of amides is 1. The number of hydrogen-bond acceptors (Lipinski definition) is 4. The van der Waals surface area contributed by atoms with Crippen LogP contribution in [0.15, 0.2) is 34.7 Å². The van der Waals surface area contributed by atoms with E-state index in [2.05, 4.69) is 11.4 Å². The Labute approximate surface area is 166 Å². The third-order valence-electron chi connectivity index (χ3n) is 4.41. The highest BCUT2D eigenvalue weighted by Crippen LogP contribution is 2.29. The van der Waals surface area contributed by atoms with Crippen LogP contribution in [0.5, 0.6) is 5.75 Å². The number of allylic oxidation sites excluding steroid dienone is 1. The molecule has 150 valence electrons. The Bertz CT molecular complexity index is 793. The van der Waals surface area contributed by atoms with Gasteiger partial charge in [0.1, 0.15) is 10.6 Å². The van der Waals surface area contributed by atoms with Gasteiger partial charge in [-0.2, -0.15) is 4.31 Å². The number of carbonyl (C=O) groups excluding carboxylic acids is 1. The number of benzene rings is 1. The fourth-order valence-corrected chi connectivity index (χ4v) is 4.48. The Morgan fingerprint density at radius 1 is 1.33 bits per heavy atom. The van der Waals surface area contributed by atoms with Crippen molar-refractivity contribution in [2.75, 3.05) is 26.7 Å². The topological polar surface area (TPSA) is 75.7 Å². The summed E-state index contributed by atoms with van der Waals surface area (Å²) >= 11 is 5.95. The van der Waals surface area contributed by atoms with Gasteiger partial charge in [-0.25, -0.2) is 8.42 Å². The first-order valence-electron chi connectivity index (χ1n) is 9.18. The summed E-state index contributed by atoms with van der Waals surface area (Å²) in [4.78, 5) is 12.1. The maximum Gasteiger partial charge on any atom is 0.247 e. The molecule has 1 aromatic carbocycles. The first-order chi connectivity index (χ1) is 12.8. The molecule has 27 heavy (non-hydrogen) atoms. The second-order valence-corrected chi connectivity index (χ2v) is 8.94. The summed E-state index contributed by atoms with van der Waals surface area (Å²) < 4.78 is 32.1. The molecule has 0 radical (unpaired) electrons. The van der Waals surface area contributed by atoms with E-state index in [-0.39, 0.29) is 28.1 Å². The lowest BCUT2D eigenvalue weighted by molar-refractivity contribution is -0.121. The van der Waals surface area contributed by atoms with E-state index in [1.165, 1.54) is 37.6 Å². The highest BCUT2D eigenvalue weighted by atomic mass is 35.5. The summed E-state index contributed by atoms with van der Waals surface area (Å²) in [6, 6.07) is 4.43. The van der Waals surface area contributed by atoms with Gasteiger partial charge in [-0.3, -0.25) is 4.79 Å². The van der Waals surface area contributed by atoms with Gasteiger partial charge in [-0.1, -0.05) is 23.3 Å². The van der Waals surface area contributed by atoms with Crippen LogP contribution >= 0.6 is 11.6 Å². The molecular formula is C19H27ClN2O4S. The van der Waals surface area contributed by atoms with Gasteiger partial charge in [0.05, 0.1) is 13.2 Å². The molecule has 1 amide bonds. The maximum absolute atomic E-state index is 12.8. The molecule has 0 saturated heterocycles. The lowest BCUT2D eigenvalue weighted by Gasteiger charge is -2.19. The van der Waals surface area contributed by atoms with Crippen molar-refractivity contribution in [3.8, 4) is 5.75 Å². The number of hydrogen-bond donors (Lipinski definition) is 1. The number of nitrogens with one attached hydrogen (secondary N) is 1. The first-order valence-corrected chi connectivity index (χ1v) is 11.0. The SMILES string of the molecule is CCOc1ccc(Cl)cc1S(=O)(=O)N(C)CC(=O)NCCC1=CCCCC1. The Kier molecular flexibility index (Phi) is 8.13. The van der Waals surface area contributed by atoms with Crippen LogP contribution in [-0.2, 0) is 14.8 Å². The second-order valence-electron chi connectivity index (χ2n) is 6.49. The van der Waals surface area contributed by atoms with Crippen molar-refractivity contribution in [3.63, 3.8) is 0 Å². The smallest absolute Gasteiger partial charge is 0.247 e. The minimum absolute atomic E-state index is 0.0421. The molecule has 0 saturated carbocycles. The van der Waals surface area contributed by atoms with E-state index >= 15 is 0 Å². The van der Waals surface area contributed by atoms with E-state index in [0.717, 1.165) is 23.6 Å². The molecule has 6 nitrogen and oxygen atoms in total. The van der Waals surface area contributed by atoms with E-state index in [1.54, 1.807) is 13.0 Å². The van der Waals surface area contributed by atoms with Crippen molar-refractivity contribution < 1.29 is 17.9 Å². The zero-order valence-corrected chi connectivity index (χ0v) is 17.4. The molecule has 0 atom stereocenters. The fraction of sp³-hybridized carbons (Fsp3) is 0.526. The van der Waals surface area contributed by atoms with Gasteiger partial charge in [-0.05, 0) is 57.2 Å². The van der Waals surface area contributed by atoms with Crippen molar-refractivity contribution in [2.24, 2.45) is 0 Å². The first kappa shape index (κ1) is 21.7. The van der Waals surface area contributed by atoms with Gasteiger partial charge in [0.2, 0.25) is 15.9 Å². The highest BCUT2D eigenvalue weighted by molar-refractivity contribution is 7.89. The van der Waals surface area contributed by atoms with Crippen LogP contribution in [0.4, 0.5) is 0 Å². The van der Waals surface area contributed by atoms with Crippen molar-refractivity contribution >= 4 is 27.5 Å². The second kappa shape index (κ2) is 10.1. The minimum Gasteiger partial charge on any atom is -0.492 e. The summed E-state index contributed by atoms with van der Waals surface area (Å²) in [6.45, 7) is 2.34. The predicted octanol–water partition coefficient (Wildman–Crippen LogP) is 3.37. The van der Waals surface area contributed by atoms with E-state index < -0.39 is 10.0 Å². The summed E-state index contributed by atoms with van der Waals surface area (Å²) in [5, 5.41) is 3.08. The molecular weight excluding hydrogens is 388 g/mol. The monoisotopic (exact) mass is 414 g/mol. The Morgan fingerprint density at radius 3 is 2.78 bits per heavy atom. The summed E-state index contributed by atoms with van der Waals surface area (Å²) in [5.41, 5.74) is 1.36. The molecule has 0 aliphatic heterocycles. The summed E-state index contributed by atoms with van der Waals surface area (Å²) in [7, 11) is -2.53. The Hall–Kier alpha value is -1.57. The third-order valence-corrected chi connectivity index (χ3v) is 6.47. The molecule has 8 heteroatoms. The van der Waals surface area contributed by atoms with Crippen LogP contribution in [0.3, 0.4) is 0 Å². The van der Waals surface area contributed by atoms with E-state index in [0.29, 0.717) is 13.2 Å². The molecule has 0 unspecified atom stereocenters. The number of sulfonamides is 1. The molecule has 1 aliphatic rings. The van der Waals surface area contributed by atoms with Gasteiger partial charge < -0.3 is 10.1 Å². The van der Waals surface area contributed by atoms with Crippen LogP contribution in [0.1, 0.15) is 39.0 Å². The predicted molar refractivity (Wildman–Crippen MR) is 107 cm³/mol. The zero-order chi connectivity index (χ0) is 19.9. The standard InChI is InChI=1S/C19H27ClN2O4S/c1-3-26-17-10-9-16(20)13-18(17)27(24,25)22(2)14-19(23)21-12-11-15-7-5-4-6-8-15/h7,9-10,13H,3-6,8,11-12,14H2,1-2H3,(H,21,23). The molecule has 0 aromatic heterocycles. The van der Waals surface area contributed by atoms with Crippen LogP contribution in [0, 0.1) is 0 Å². The van der Waals surface area contributed by atoms with E-state index in [1.807, 2.05) is 0 Å². The number of ether oxygens (including phenoxy) is 1. The molecule has 1 aromatic rings. The molecule has 1 aliphatic carbocycles. The average molecular weight is 415 g/mol. The number of nitrogens with zero attached hydrogens (tertiary/aromatic N) is 1. The molecule has 0 fully saturated rings. The van der Waals surface area contributed by atoms with Crippen molar-refractivity contribution in [2.45, 2.75) is 43.9 Å². The van der Waals surface area contributed by atoms with Crippen LogP contribution < -0.4 is 10.1 Å². The number of carbonyl (C=O) groups is 1. The van der Waals surface area contributed by atoms with E-state index in [4.69, 9.17) is 16.3 Å². The van der Waals surface area contributed by atoms with Crippen molar-refractivity contribution in [1.82, 2.24) is 9.62 Å². The quantitative estimate of drug-likeness (QED) is 0.628. The van der Waals surface area contributed by atoms with Crippen LogP contribution in [-0.4, -0.2) is 45.4 Å². The molecule has 0 bridgehead atoms. The average Bonchev–Trinajstić information content (AvgIpc) is 2.64. The van der Waals surface area contributed by atoms with Gasteiger partial charge in [0.25, 0.3) is 0 Å². The largest absolute Gasteiger partial charge is 0.492 e. The zero-order valence-electron chi connectivity index (χ0n) is 15.8. The molecule has 0 spiro atoms. The minimum atomic E-state index is -3.90. The van der Waals surface area contributed by atoms with Gasteiger partial charge in [0, 0.05) is 18.6 Å². The van der Waals surface area contributed by atoms with Gasteiger partial charge >= 0.3 is 0 Å².